The van der Waals surface area contributed by atoms with Gasteiger partial charge in [-0.2, -0.15) is 0 Å². The third-order valence-corrected chi connectivity index (χ3v) is 3.17. The molecule has 3 atom stereocenters. The molecule has 1 aliphatic carbocycles. The maximum absolute atomic E-state index is 11.4. The monoisotopic (exact) mass is 189 g/mol. The van der Waals surface area contributed by atoms with Crippen molar-refractivity contribution in [2.45, 2.75) is 18.1 Å². The summed E-state index contributed by atoms with van der Waals surface area (Å²) in [6.45, 7) is 0. The van der Waals surface area contributed by atoms with Crippen LogP contribution in [-0.4, -0.2) is 11.5 Å². The molecular weight excluding hydrogens is 178 g/mol. The molecule has 0 spiro atoms. The standard InChI is InChI=1S/C11H11NO2/c12-11-6-8(11)9(14-10(11)13)7-4-2-1-3-5-7/h1-5,8-9H,6,12H2. The van der Waals surface area contributed by atoms with Crippen molar-refractivity contribution in [2.75, 3.05) is 0 Å². The molecule has 2 aliphatic rings. The number of fused-ring (bicyclic) bond motifs is 1. The van der Waals surface area contributed by atoms with E-state index in [-0.39, 0.29) is 18.0 Å². The number of hydrogen-bond acceptors (Lipinski definition) is 3. The molecule has 2 fully saturated rings. The minimum absolute atomic E-state index is 0.117. The average Bonchev–Trinajstić information content (AvgIpc) is 2.83. The second-order valence-electron chi connectivity index (χ2n) is 4.09. The zero-order valence-corrected chi connectivity index (χ0v) is 7.64. The predicted molar refractivity (Wildman–Crippen MR) is 50.3 cm³/mol. The van der Waals surface area contributed by atoms with Crippen molar-refractivity contribution in [1.82, 2.24) is 0 Å². The van der Waals surface area contributed by atoms with E-state index in [1.165, 1.54) is 0 Å². The van der Waals surface area contributed by atoms with Crippen molar-refractivity contribution < 1.29 is 9.53 Å². The molecule has 1 aromatic rings. The number of cyclic esters (lactones) is 1. The molecule has 0 aromatic heterocycles. The first kappa shape index (κ1) is 8.00. The fraction of sp³-hybridized carbons (Fsp3) is 0.364. The first-order valence-electron chi connectivity index (χ1n) is 4.77. The largest absolute Gasteiger partial charge is 0.456 e. The minimum Gasteiger partial charge on any atom is -0.456 e. The second kappa shape index (κ2) is 2.36. The van der Waals surface area contributed by atoms with Crippen LogP contribution in [0.3, 0.4) is 0 Å². The Labute approximate surface area is 81.9 Å². The molecule has 72 valence electrons. The first-order valence-corrected chi connectivity index (χ1v) is 4.77. The third-order valence-electron chi connectivity index (χ3n) is 3.17. The molecule has 0 radical (unpaired) electrons. The number of rotatable bonds is 1. The van der Waals surface area contributed by atoms with Crippen molar-refractivity contribution in [2.24, 2.45) is 11.7 Å². The number of nitrogens with two attached hydrogens (primary N) is 1. The first-order chi connectivity index (χ1) is 6.72. The van der Waals surface area contributed by atoms with Crippen molar-refractivity contribution in [1.29, 1.82) is 0 Å². The highest BCUT2D eigenvalue weighted by Crippen LogP contribution is 2.57. The number of carbonyl (C=O) groups excluding carboxylic acids is 1. The van der Waals surface area contributed by atoms with E-state index in [0.29, 0.717) is 0 Å². The van der Waals surface area contributed by atoms with Crippen molar-refractivity contribution in [3.63, 3.8) is 0 Å². The van der Waals surface area contributed by atoms with Gasteiger partial charge < -0.3 is 10.5 Å². The van der Waals surface area contributed by atoms with Crippen molar-refractivity contribution in [3.8, 4) is 0 Å². The summed E-state index contributed by atoms with van der Waals surface area (Å²) in [5.41, 5.74) is 6.23. The van der Waals surface area contributed by atoms with Crippen LogP contribution in [0.5, 0.6) is 0 Å². The Morgan fingerprint density at radius 2 is 2.07 bits per heavy atom. The van der Waals surface area contributed by atoms with Crippen LogP contribution in [0.2, 0.25) is 0 Å². The zero-order chi connectivity index (χ0) is 9.76. The number of benzene rings is 1. The normalized spacial score (nSPS) is 39.1. The summed E-state index contributed by atoms with van der Waals surface area (Å²) in [7, 11) is 0. The maximum Gasteiger partial charge on any atom is 0.327 e. The molecule has 1 heterocycles. The van der Waals surface area contributed by atoms with Crippen LogP contribution in [0.25, 0.3) is 0 Å². The van der Waals surface area contributed by atoms with Gasteiger partial charge in [-0.1, -0.05) is 30.3 Å². The Balaban J connectivity index is 1.94. The van der Waals surface area contributed by atoms with E-state index in [2.05, 4.69) is 0 Å². The summed E-state index contributed by atoms with van der Waals surface area (Å²) in [5.74, 6) is -0.0475. The van der Waals surface area contributed by atoms with Gasteiger partial charge in [0.25, 0.3) is 0 Å². The molecule has 3 heteroatoms. The lowest BCUT2D eigenvalue weighted by atomic mass is 10.0. The topological polar surface area (TPSA) is 52.3 Å². The third kappa shape index (κ3) is 0.876. The van der Waals surface area contributed by atoms with Gasteiger partial charge in [-0.05, 0) is 12.0 Å². The van der Waals surface area contributed by atoms with Gasteiger partial charge in [0.05, 0.1) is 0 Å². The molecule has 14 heavy (non-hydrogen) atoms. The fourth-order valence-electron chi connectivity index (χ4n) is 2.17. The fourth-order valence-corrected chi connectivity index (χ4v) is 2.17. The molecule has 1 aliphatic heterocycles. The highest BCUT2D eigenvalue weighted by atomic mass is 16.6. The lowest BCUT2D eigenvalue weighted by Crippen LogP contribution is -2.31. The Morgan fingerprint density at radius 3 is 2.57 bits per heavy atom. The van der Waals surface area contributed by atoms with Crippen LogP contribution in [0.1, 0.15) is 18.1 Å². The summed E-state index contributed by atoms with van der Waals surface area (Å²) in [4.78, 5) is 11.4. The second-order valence-corrected chi connectivity index (χ2v) is 4.09. The van der Waals surface area contributed by atoms with Gasteiger partial charge in [-0.3, -0.25) is 4.79 Å². The van der Waals surface area contributed by atoms with E-state index in [0.717, 1.165) is 12.0 Å². The van der Waals surface area contributed by atoms with E-state index < -0.39 is 5.54 Å². The number of ether oxygens (including phenoxy) is 1. The summed E-state index contributed by atoms with van der Waals surface area (Å²) < 4.78 is 5.25. The molecular formula is C11H11NO2. The highest BCUT2D eigenvalue weighted by Gasteiger charge is 2.68. The van der Waals surface area contributed by atoms with Gasteiger partial charge in [0, 0.05) is 5.92 Å². The van der Waals surface area contributed by atoms with Crippen molar-refractivity contribution in [3.05, 3.63) is 35.9 Å². The smallest absolute Gasteiger partial charge is 0.327 e. The Hall–Kier alpha value is -1.35. The molecule has 1 aromatic carbocycles. The molecule has 2 N–H and O–H groups in total. The molecule has 1 saturated heterocycles. The molecule has 0 amide bonds. The summed E-state index contributed by atoms with van der Waals surface area (Å²) in [6, 6.07) is 9.79. The lowest BCUT2D eigenvalue weighted by Gasteiger charge is -2.11. The van der Waals surface area contributed by atoms with Crippen LogP contribution in [0.15, 0.2) is 30.3 Å². The van der Waals surface area contributed by atoms with Gasteiger partial charge in [-0.25, -0.2) is 0 Å². The maximum atomic E-state index is 11.4. The summed E-state index contributed by atoms with van der Waals surface area (Å²) in [5, 5.41) is 0. The van der Waals surface area contributed by atoms with Gasteiger partial charge >= 0.3 is 5.97 Å². The SMILES string of the molecule is NC12CC1C(c1ccccc1)OC2=O. The quantitative estimate of drug-likeness (QED) is 0.670. The molecule has 3 rings (SSSR count). The summed E-state index contributed by atoms with van der Waals surface area (Å²) >= 11 is 0. The lowest BCUT2D eigenvalue weighted by molar-refractivity contribution is -0.146. The Bertz CT molecular complexity index is 390. The van der Waals surface area contributed by atoms with Gasteiger partial charge in [0.15, 0.2) is 0 Å². The van der Waals surface area contributed by atoms with E-state index in [1.54, 1.807) is 0 Å². The van der Waals surface area contributed by atoms with Gasteiger partial charge in [0.1, 0.15) is 11.6 Å². The van der Waals surface area contributed by atoms with Crippen LogP contribution >= 0.6 is 0 Å². The minimum atomic E-state index is -0.666. The van der Waals surface area contributed by atoms with Crippen molar-refractivity contribution >= 4 is 5.97 Å². The predicted octanol–water partition coefficient (Wildman–Crippen LogP) is 1.00. The van der Waals surface area contributed by atoms with Gasteiger partial charge in [-0.15, -0.1) is 0 Å². The average molecular weight is 189 g/mol. The zero-order valence-electron chi connectivity index (χ0n) is 7.64. The van der Waals surface area contributed by atoms with E-state index in [4.69, 9.17) is 10.5 Å². The summed E-state index contributed by atoms with van der Waals surface area (Å²) in [6.07, 6.45) is 0.652. The molecule has 3 nitrogen and oxygen atoms in total. The van der Waals surface area contributed by atoms with Crippen LogP contribution in [0, 0.1) is 5.92 Å². The van der Waals surface area contributed by atoms with E-state index in [9.17, 15) is 4.79 Å². The van der Waals surface area contributed by atoms with Crippen LogP contribution in [-0.2, 0) is 9.53 Å². The number of carbonyl (C=O) groups is 1. The van der Waals surface area contributed by atoms with Crippen LogP contribution in [0.4, 0.5) is 0 Å². The Kier molecular flexibility index (Phi) is 1.35. The van der Waals surface area contributed by atoms with Crippen LogP contribution < -0.4 is 5.73 Å². The number of esters is 1. The highest BCUT2D eigenvalue weighted by molar-refractivity contribution is 5.88. The Morgan fingerprint density at radius 1 is 1.36 bits per heavy atom. The molecule has 1 saturated carbocycles. The number of hydrogen-bond donors (Lipinski definition) is 1. The molecule has 3 unspecified atom stereocenters. The molecule has 0 bridgehead atoms. The van der Waals surface area contributed by atoms with Gasteiger partial charge in [0.2, 0.25) is 0 Å². The van der Waals surface area contributed by atoms with E-state index in [1.807, 2.05) is 30.3 Å². The van der Waals surface area contributed by atoms with E-state index >= 15 is 0 Å².